The second-order valence-electron chi connectivity index (χ2n) is 4.96. The van der Waals surface area contributed by atoms with Crippen molar-refractivity contribution in [3.63, 3.8) is 0 Å². The summed E-state index contributed by atoms with van der Waals surface area (Å²) < 4.78 is 3.50. The van der Waals surface area contributed by atoms with Crippen molar-refractivity contribution < 1.29 is 14.9 Å². The van der Waals surface area contributed by atoms with Gasteiger partial charge in [0.25, 0.3) is 0 Å². The molecule has 2 aromatic rings. The molecular weight excluding hydrogens is 403 g/mol. The predicted molar refractivity (Wildman–Crippen MR) is 103 cm³/mol. The normalized spacial score (nSPS) is 11.7. The van der Waals surface area contributed by atoms with Gasteiger partial charge >= 0.3 is 0 Å². The van der Waals surface area contributed by atoms with Crippen LogP contribution in [0.1, 0.15) is 17.2 Å². The van der Waals surface area contributed by atoms with E-state index in [0.29, 0.717) is 11.6 Å². The van der Waals surface area contributed by atoms with Crippen LogP contribution >= 0.6 is 34.8 Å². The standard InChI is InChI=1S/C16H17Cl3N4O3/c17-16(18,19)14-21-13(22-15(23-14)20-7-8-24)6-3-11-1-4-12(5-2-11)26-10-9-25/h1-6,24-25H,7-10H2,(H,20,21,22,23)/b6-3+. The van der Waals surface area contributed by atoms with E-state index in [-0.39, 0.29) is 38.1 Å². The molecule has 2 rings (SSSR count). The number of benzene rings is 1. The molecule has 1 aromatic heterocycles. The highest BCUT2D eigenvalue weighted by molar-refractivity contribution is 6.66. The van der Waals surface area contributed by atoms with Crippen LogP contribution in [0.15, 0.2) is 24.3 Å². The first-order valence-electron chi connectivity index (χ1n) is 7.62. The van der Waals surface area contributed by atoms with E-state index in [1.54, 1.807) is 24.3 Å². The lowest BCUT2D eigenvalue weighted by Gasteiger charge is -2.11. The van der Waals surface area contributed by atoms with E-state index in [1.807, 2.05) is 12.1 Å². The van der Waals surface area contributed by atoms with E-state index in [0.717, 1.165) is 5.56 Å². The van der Waals surface area contributed by atoms with Crippen LogP contribution in [0.5, 0.6) is 5.75 Å². The third kappa shape index (κ3) is 6.59. The Bertz CT molecular complexity index is 737. The number of hydrogen-bond donors (Lipinski definition) is 3. The van der Waals surface area contributed by atoms with Crippen LogP contribution in [0.3, 0.4) is 0 Å². The van der Waals surface area contributed by atoms with E-state index < -0.39 is 3.79 Å². The zero-order valence-corrected chi connectivity index (χ0v) is 15.8. The summed E-state index contributed by atoms with van der Waals surface area (Å²) in [4.78, 5) is 12.4. The molecule has 0 saturated carbocycles. The molecule has 7 nitrogen and oxygen atoms in total. The number of nitrogens with zero attached hydrogens (tertiary/aromatic N) is 3. The number of aliphatic hydroxyl groups excluding tert-OH is 2. The molecule has 10 heteroatoms. The predicted octanol–water partition coefficient (Wildman–Crippen LogP) is 2.64. The summed E-state index contributed by atoms with van der Waals surface area (Å²) in [6.45, 7) is 0.356. The minimum absolute atomic E-state index is 0.0228. The van der Waals surface area contributed by atoms with Crippen LogP contribution in [-0.4, -0.2) is 51.5 Å². The van der Waals surface area contributed by atoms with E-state index >= 15 is 0 Å². The first-order chi connectivity index (χ1) is 12.4. The fourth-order valence-corrected chi connectivity index (χ4v) is 2.10. The maximum absolute atomic E-state index is 8.90. The average molecular weight is 420 g/mol. The van der Waals surface area contributed by atoms with Crippen LogP contribution < -0.4 is 10.1 Å². The van der Waals surface area contributed by atoms with E-state index in [4.69, 9.17) is 49.8 Å². The van der Waals surface area contributed by atoms with Crippen LogP contribution in [0, 0.1) is 0 Å². The largest absolute Gasteiger partial charge is 0.491 e. The Labute approximate surface area is 165 Å². The van der Waals surface area contributed by atoms with Gasteiger partial charge in [-0.3, -0.25) is 0 Å². The Morgan fingerprint density at radius 3 is 2.35 bits per heavy atom. The van der Waals surface area contributed by atoms with E-state index in [1.165, 1.54) is 0 Å². The lowest BCUT2D eigenvalue weighted by Crippen LogP contribution is -2.15. The molecule has 1 aromatic carbocycles. The van der Waals surface area contributed by atoms with Gasteiger partial charge in [0.15, 0.2) is 11.6 Å². The third-order valence-corrected chi connectivity index (χ3v) is 3.47. The van der Waals surface area contributed by atoms with Gasteiger partial charge in [0, 0.05) is 6.54 Å². The fraction of sp³-hybridized carbons (Fsp3) is 0.312. The summed E-state index contributed by atoms with van der Waals surface area (Å²) in [5.41, 5.74) is 0.877. The Morgan fingerprint density at radius 2 is 1.73 bits per heavy atom. The van der Waals surface area contributed by atoms with Crippen molar-refractivity contribution in [2.24, 2.45) is 0 Å². The lowest BCUT2D eigenvalue weighted by atomic mass is 10.2. The van der Waals surface area contributed by atoms with Crippen molar-refractivity contribution in [3.05, 3.63) is 41.5 Å². The molecule has 140 valence electrons. The zero-order chi connectivity index (χ0) is 19.0. The number of alkyl halides is 3. The van der Waals surface area contributed by atoms with Gasteiger partial charge in [-0.25, -0.2) is 4.98 Å². The SMILES string of the molecule is OCCNc1nc(/C=C/c2ccc(OCCO)cc2)nc(C(Cl)(Cl)Cl)n1. The monoisotopic (exact) mass is 418 g/mol. The number of anilines is 1. The molecule has 0 bridgehead atoms. The van der Waals surface area contributed by atoms with Gasteiger partial charge in [-0.1, -0.05) is 53.0 Å². The second kappa shape index (κ2) is 9.89. The van der Waals surface area contributed by atoms with Crippen LogP contribution in [0.4, 0.5) is 5.95 Å². The molecule has 0 atom stereocenters. The van der Waals surface area contributed by atoms with Gasteiger partial charge in [0.1, 0.15) is 12.4 Å². The van der Waals surface area contributed by atoms with Crippen LogP contribution in [-0.2, 0) is 3.79 Å². The van der Waals surface area contributed by atoms with Crippen molar-refractivity contribution in [3.8, 4) is 5.75 Å². The van der Waals surface area contributed by atoms with Crippen molar-refractivity contribution in [2.75, 3.05) is 31.7 Å². The van der Waals surface area contributed by atoms with Crippen molar-refractivity contribution in [2.45, 2.75) is 3.79 Å². The number of nitrogens with one attached hydrogen (secondary N) is 1. The van der Waals surface area contributed by atoms with Crippen molar-refractivity contribution in [1.29, 1.82) is 0 Å². The molecule has 0 fully saturated rings. The van der Waals surface area contributed by atoms with E-state index in [9.17, 15) is 0 Å². The quantitative estimate of drug-likeness (QED) is 0.565. The second-order valence-corrected chi connectivity index (χ2v) is 7.24. The first-order valence-corrected chi connectivity index (χ1v) is 8.75. The molecule has 0 aliphatic carbocycles. The Balaban J connectivity index is 2.19. The molecule has 0 radical (unpaired) electrons. The molecule has 0 unspecified atom stereocenters. The summed E-state index contributed by atoms with van der Waals surface area (Å²) in [6.07, 6.45) is 3.43. The molecular formula is C16H17Cl3N4O3. The number of aliphatic hydroxyl groups is 2. The molecule has 0 aliphatic heterocycles. The van der Waals surface area contributed by atoms with Crippen LogP contribution in [0.25, 0.3) is 12.2 Å². The molecule has 26 heavy (non-hydrogen) atoms. The summed E-state index contributed by atoms with van der Waals surface area (Å²) in [5.74, 6) is 1.13. The van der Waals surface area contributed by atoms with Gasteiger partial charge < -0.3 is 20.3 Å². The highest BCUT2D eigenvalue weighted by atomic mass is 35.6. The fourth-order valence-electron chi connectivity index (χ4n) is 1.85. The molecule has 0 aliphatic rings. The molecule has 3 N–H and O–H groups in total. The number of rotatable bonds is 8. The number of ether oxygens (including phenoxy) is 1. The lowest BCUT2D eigenvalue weighted by molar-refractivity contribution is 0.201. The Kier molecular flexibility index (Phi) is 7.86. The summed E-state index contributed by atoms with van der Waals surface area (Å²) >= 11 is 17.6. The topological polar surface area (TPSA) is 100 Å². The zero-order valence-electron chi connectivity index (χ0n) is 13.6. The van der Waals surface area contributed by atoms with Gasteiger partial charge in [-0.2, -0.15) is 9.97 Å². The highest BCUT2D eigenvalue weighted by Crippen LogP contribution is 2.36. The first kappa shape index (κ1) is 20.7. The summed E-state index contributed by atoms with van der Waals surface area (Å²) in [5, 5.41) is 20.5. The Morgan fingerprint density at radius 1 is 1.00 bits per heavy atom. The third-order valence-electron chi connectivity index (χ3n) is 2.97. The minimum atomic E-state index is -1.80. The minimum Gasteiger partial charge on any atom is -0.491 e. The highest BCUT2D eigenvalue weighted by Gasteiger charge is 2.28. The van der Waals surface area contributed by atoms with E-state index in [2.05, 4.69) is 20.3 Å². The van der Waals surface area contributed by atoms with Gasteiger partial charge in [0.05, 0.1) is 13.2 Å². The smallest absolute Gasteiger partial charge is 0.250 e. The number of halogens is 3. The number of aromatic nitrogens is 3. The maximum Gasteiger partial charge on any atom is 0.250 e. The maximum atomic E-state index is 8.90. The van der Waals surface area contributed by atoms with Gasteiger partial charge in [-0.05, 0) is 23.8 Å². The average Bonchev–Trinajstić information content (AvgIpc) is 2.63. The van der Waals surface area contributed by atoms with Gasteiger partial charge in [0.2, 0.25) is 9.74 Å². The molecule has 0 spiro atoms. The van der Waals surface area contributed by atoms with Crippen LogP contribution in [0.2, 0.25) is 0 Å². The molecule has 0 saturated heterocycles. The summed E-state index contributed by atoms with van der Waals surface area (Å²) in [6, 6.07) is 7.24. The van der Waals surface area contributed by atoms with Crippen molar-refractivity contribution in [1.82, 2.24) is 15.0 Å². The Hall–Kier alpha value is -1.64. The summed E-state index contributed by atoms with van der Waals surface area (Å²) in [7, 11) is 0. The number of hydrogen-bond acceptors (Lipinski definition) is 7. The molecule has 0 amide bonds. The van der Waals surface area contributed by atoms with Gasteiger partial charge in [-0.15, -0.1) is 0 Å². The molecule has 1 heterocycles. The van der Waals surface area contributed by atoms with Crippen molar-refractivity contribution >= 4 is 52.9 Å².